The summed E-state index contributed by atoms with van der Waals surface area (Å²) < 4.78 is 2.21. The van der Waals surface area contributed by atoms with Crippen molar-refractivity contribution in [1.82, 2.24) is 14.8 Å². The average molecular weight is 349 g/mol. The van der Waals surface area contributed by atoms with Gasteiger partial charge in [0, 0.05) is 16.7 Å². The minimum Gasteiger partial charge on any atom is -0.275 e. The van der Waals surface area contributed by atoms with E-state index in [0.29, 0.717) is 0 Å². The van der Waals surface area contributed by atoms with Crippen LogP contribution in [-0.2, 0) is 6.42 Å². The first-order valence-electron chi connectivity index (χ1n) is 9.27. The molecule has 0 spiro atoms. The third-order valence-corrected chi connectivity index (χ3v) is 5.01. The Hall–Kier alpha value is -3.46. The second-order valence-corrected chi connectivity index (χ2v) is 6.70. The van der Waals surface area contributed by atoms with Gasteiger partial charge in [0.05, 0.1) is 5.70 Å². The molecular weight excluding hydrogens is 330 g/mol. The van der Waals surface area contributed by atoms with Gasteiger partial charge in [0.15, 0.2) is 11.6 Å². The molecule has 1 aromatic heterocycles. The minimum atomic E-state index is 0.873. The van der Waals surface area contributed by atoms with Gasteiger partial charge < -0.3 is 0 Å². The number of rotatable bonds is 3. The first kappa shape index (κ1) is 15.8. The zero-order valence-electron chi connectivity index (χ0n) is 14.9. The first-order valence-corrected chi connectivity index (χ1v) is 9.27. The highest BCUT2D eigenvalue weighted by molar-refractivity contribution is 5.79. The van der Waals surface area contributed by atoms with Gasteiger partial charge in [0.1, 0.15) is 0 Å². The van der Waals surface area contributed by atoms with Crippen LogP contribution in [0.5, 0.6) is 0 Å². The van der Waals surface area contributed by atoms with Crippen molar-refractivity contribution in [2.75, 3.05) is 0 Å². The number of aryl methyl sites for hydroxylation is 1. The lowest BCUT2D eigenvalue weighted by atomic mass is 9.94. The normalized spacial score (nSPS) is 13.1. The molecule has 0 radical (unpaired) electrons. The predicted octanol–water partition coefficient (Wildman–Crippen LogP) is 5.45. The number of nitrogens with zero attached hydrogens (tertiary/aromatic N) is 3. The van der Waals surface area contributed by atoms with Gasteiger partial charge in [-0.15, -0.1) is 10.2 Å². The summed E-state index contributed by atoms with van der Waals surface area (Å²) in [4.78, 5) is 0. The molecule has 0 bridgehead atoms. The van der Waals surface area contributed by atoms with Gasteiger partial charge in [-0.05, 0) is 18.4 Å². The van der Waals surface area contributed by atoms with Crippen LogP contribution in [0.4, 0.5) is 0 Å². The molecule has 3 aromatic carbocycles. The maximum absolute atomic E-state index is 4.58. The van der Waals surface area contributed by atoms with E-state index >= 15 is 0 Å². The van der Waals surface area contributed by atoms with Gasteiger partial charge in [0.2, 0.25) is 0 Å². The van der Waals surface area contributed by atoms with Crippen molar-refractivity contribution in [3.63, 3.8) is 0 Å². The quantitative estimate of drug-likeness (QED) is 0.492. The molecule has 0 unspecified atom stereocenters. The molecule has 27 heavy (non-hydrogen) atoms. The molecule has 0 saturated carbocycles. The van der Waals surface area contributed by atoms with Gasteiger partial charge in [-0.1, -0.05) is 91.0 Å². The highest BCUT2D eigenvalue weighted by Gasteiger charge is 2.22. The average Bonchev–Trinajstić information content (AvgIpc) is 3.19. The van der Waals surface area contributed by atoms with Gasteiger partial charge in [0.25, 0.3) is 0 Å². The second-order valence-electron chi connectivity index (χ2n) is 6.70. The number of aromatic nitrogens is 3. The van der Waals surface area contributed by atoms with Gasteiger partial charge >= 0.3 is 0 Å². The fourth-order valence-corrected chi connectivity index (χ4v) is 3.74. The summed E-state index contributed by atoms with van der Waals surface area (Å²) in [5.41, 5.74) is 5.94. The molecule has 3 heteroatoms. The Bertz CT molecular complexity index is 1050. The monoisotopic (exact) mass is 349 g/mol. The second kappa shape index (κ2) is 6.69. The van der Waals surface area contributed by atoms with E-state index in [-0.39, 0.29) is 0 Å². The maximum atomic E-state index is 4.58. The van der Waals surface area contributed by atoms with Crippen LogP contribution < -0.4 is 0 Å². The summed E-state index contributed by atoms with van der Waals surface area (Å²) >= 11 is 0. The molecule has 0 aliphatic heterocycles. The SMILES string of the molecule is C1=C(n2c(-c3ccccc3)nnc2-c2ccccc2)c2ccccc2CC1. The Morgan fingerprint density at radius 1 is 0.630 bits per heavy atom. The van der Waals surface area contributed by atoms with Crippen molar-refractivity contribution in [2.24, 2.45) is 0 Å². The first-order chi connectivity index (χ1) is 13.4. The molecule has 1 aliphatic carbocycles. The van der Waals surface area contributed by atoms with Crippen LogP contribution in [0.15, 0.2) is 91.0 Å². The molecule has 0 saturated heterocycles. The predicted molar refractivity (Wildman–Crippen MR) is 109 cm³/mol. The number of allylic oxidation sites excluding steroid dienone is 1. The summed E-state index contributed by atoms with van der Waals surface area (Å²) in [6, 6.07) is 29.2. The lowest BCUT2D eigenvalue weighted by Crippen LogP contribution is -2.09. The van der Waals surface area contributed by atoms with Crippen molar-refractivity contribution in [3.05, 3.63) is 102 Å². The molecule has 0 amide bonds. The Balaban J connectivity index is 1.77. The van der Waals surface area contributed by atoms with Crippen LogP contribution in [-0.4, -0.2) is 14.8 Å². The van der Waals surface area contributed by atoms with Crippen LogP contribution in [0, 0.1) is 0 Å². The third-order valence-electron chi connectivity index (χ3n) is 5.01. The van der Waals surface area contributed by atoms with E-state index in [2.05, 4.69) is 69.4 Å². The topological polar surface area (TPSA) is 30.7 Å². The molecule has 5 rings (SSSR count). The number of hydrogen-bond acceptors (Lipinski definition) is 2. The fourth-order valence-electron chi connectivity index (χ4n) is 3.74. The smallest absolute Gasteiger partial charge is 0.168 e. The maximum Gasteiger partial charge on any atom is 0.168 e. The minimum absolute atomic E-state index is 0.873. The van der Waals surface area contributed by atoms with E-state index in [1.54, 1.807) is 0 Å². The van der Waals surface area contributed by atoms with Gasteiger partial charge in [-0.2, -0.15) is 0 Å². The zero-order chi connectivity index (χ0) is 18.1. The van der Waals surface area contributed by atoms with Crippen LogP contribution in [0.1, 0.15) is 17.5 Å². The summed E-state index contributed by atoms with van der Waals surface area (Å²) in [7, 11) is 0. The standard InChI is InChI=1S/C24H19N3/c1-3-11-19(12-4-1)23-25-26-24(20-13-5-2-6-14-20)27(23)22-17-9-15-18-10-7-8-16-21(18)22/h1-8,10-14,16-17H,9,15H2. The van der Waals surface area contributed by atoms with Gasteiger partial charge in [-0.3, -0.25) is 4.57 Å². The Kier molecular flexibility index (Phi) is 3.91. The third kappa shape index (κ3) is 2.77. The van der Waals surface area contributed by atoms with Crippen molar-refractivity contribution in [1.29, 1.82) is 0 Å². The van der Waals surface area contributed by atoms with Crippen molar-refractivity contribution >= 4 is 5.70 Å². The highest BCUT2D eigenvalue weighted by atomic mass is 15.3. The van der Waals surface area contributed by atoms with E-state index in [1.807, 2.05) is 36.4 Å². The lowest BCUT2D eigenvalue weighted by Gasteiger charge is -2.21. The van der Waals surface area contributed by atoms with E-state index in [1.165, 1.54) is 16.8 Å². The molecular formula is C24H19N3. The number of benzene rings is 3. The number of hydrogen-bond donors (Lipinski definition) is 0. The molecule has 3 nitrogen and oxygen atoms in total. The van der Waals surface area contributed by atoms with Crippen LogP contribution >= 0.6 is 0 Å². The van der Waals surface area contributed by atoms with Crippen molar-refractivity contribution in [3.8, 4) is 22.8 Å². The highest BCUT2D eigenvalue weighted by Crippen LogP contribution is 2.34. The summed E-state index contributed by atoms with van der Waals surface area (Å²) in [5, 5.41) is 9.17. The molecule has 1 heterocycles. The molecule has 0 fully saturated rings. The van der Waals surface area contributed by atoms with E-state index in [0.717, 1.165) is 35.6 Å². The largest absolute Gasteiger partial charge is 0.275 e. The Morgan fingerprint density at radius 3 is 1.81 bits per heavy atom. The van der Waals surface area contributed by atoms with Gasteiger partial charge in [-0.25, -0.2) is 0 Å². The van der Waals surface area contributed by atoms with Crippen molar-refractivity contribution < 1.29 is 0 Å². The zero-order valence-corrected chi connectivity index (χ0v) is 14.9. The van der Waals surface area contributed by atoms with Crippen molar-refractivity contribution in [2.45, 2.75) is 12.8 Å². The molecule has 0 atom stereocenters. The Labute approximate surface area is 158 Å². The summed E-state index contributed by atoms with van der Waals surface area (Å²) in [6.45, 7) is 0. The summed E-state index contributed by atoms with van der Waals surface area (Å²) in [5.74, 6) is 1.75. The summed E-state index contributed by atoms with van der Waals surface area (Å²) in [6.07, 6.45) is 4.40. The number of fused-ring (bicyclic) bond motifs is 1. The lowest BCUT2D eigenvalue weighted by molar-refractivity contribution is 0.945. The Morgan fingerprint density at radius 2 is 1.19 bits per heavy atom. The molecule has 4 aromatic rings. The van der Waals surface area contributed by atoms with E-state index in [4.69, 9.17) is 0 Å². The van der Waals surface area contributed by atoms with Crippen LogP contribution in [0.2, 0.25) is 0 Å². The van der Waals surface area contributed by atoms with E-state index < -0.39 is 0 Å². The fraction of sp³-hybridized carbons (Fsp3) is 0.0833. The molecule has 0 N–H and O–H groups in total. The van der Waals surface area contributed by atoms with E-state index in [9.17, 15) is 0 Å². The van der Waals surface area contributed by atoms with Crippen LogP contribution in [0.3, 0.4) is 0 Å². The van der Waals surface area contributed by atoms with Crippen LogP contribution in [0.25, 0.3) is 28.5 Å². The molecule has 1 aliphatic rings. The molecule has 130 valence electrons.